The molecule has 0 aliphatic rings. The minimum absolute atomic E-state index is 0.450. The zero-order valence-electron chi connectivity index (χ0n) is 12.5. The number of benzene rings is 2. The number of nitrogens with zero attached hydrogens (tertiary/aromatic N) is 1. The molecule has 110 valence electrons. The van der Waals surface area contributed by atoms with E-state index in [1.807, 2.05) is 48.5 Å². The monoisotopic (exact) mass is 299 g/mol. The first-order chi connectivity index (χ1) is 10.2. The highest BCUT2D eigenvalue weighted by atomic mass is 32.2. The Hall–Kier alpha value is -1.87. The van der Waals surface area contributed by atoms with Crippen molar-refractivity contribution >= 4 is 15.3 Å². The van der Waals surface area contributed by atoms with Gasteiger partial charge in [0.1, 0.15) is 0 Å². The van der Waals surface area contributed by atoms with E-state index in [0.29, 0.717) is 5.75 Å². The molecule has 0 fully saturated rings. The van der Waals surface area contributed by atoms with E-state index in [4.69, 9.17) is 0 Å². The standard InChI is InChI=1S/C18H21NOS/c1-3-16(17-10-6-4-7-11-17)14-15-21(20,19-2)18-12-8-5-9-13-18/h4-14H,3,15H2,1-2H3/b16-14+. The molecule has 2 nitrogen and oxygen atoms in total. The fraction of sp³-hybridized carbons (Fsp3) is 0.222. The molecule has 2 rings (SSSR count). The molecule has 2 aromatic rings. The summed E-state index contributed by atoms with van der Waals surface area (Å²) in [5.41, 5.74) is 2.40. The maximum absolute atomic E-state index is 13.0. The molecule has 0 saturated carbocycles. The van der Waals surface area contributed by atoms with Crippen LogP contribution >= 0.6 is 0 Å². The topological polar surface area (TPSA) is 29.4 Å². The molecule has 3 heteroatoms. The van der Waals surface area contributed by atoms with Gasteiger partial charge < -0.3 is 0 Å². The van der Waals surface area contributed by atoms with Crippen LogP contribution in [0.5, 0.6) is 0 Å². The van der Waals surface area contributed by atoms with Gasteiger partial charge in [-0.1, -0.05) is 61.5 Å². The Labute approximate surface area is 127 Å². The smallest absolute Gasteiger partial charge is 0.0785 e. The molecule has 0 aromatic heterocycles. The van der Waals surface area contributed by atoms with Gasteiger partial charge >= 0.3 is 0 Å². The van der Waals surface area contributed by atoms with Gasteiger partial charge in [0.2, 0.25) is 0 Å². The predicted octanol–water partition coefficient (Wildman–Crippen LogP) is 4.64. The average Bonchev–Trinajstić information content (AvgIpc) is 2.57. The van der Waals surface area contributed by atoms with Crippen molar-refractivity contribution in [2.45, 2.75) is 18.2 Å². The van der Waals surface area contributed by atoms with E-state index in [2.05, 4.69) is 29.5 Å². The fourth-order valence-electron chi connectivity index (χ4n) is 2.24. The average molecular weight is 299 g/mol. The molecule has 0 bridgehead atoms. The third-order valence-electron chi connectivity index (χ3n) is 3.49. The van der Waals surface area contributed by atoms with Gasteiger partial charge in [-0.05, 0) is 29.7 Å². The SMILES string of the molecule is CC/C(=C\CS(=O)(=NC)c1ccccc1)c1ccccc1. The third-order valence-corrected chi connectivity index (χ3v) is 5.70. The van der Waals surface area contributed by atoms with Crippen molar-refractivity contribution < 1.29 is 4.21 Å². The molecule has 0 saturated heterocycles. The molecular weight excluding hydrogens is 278 g/mol. The zero-order chi connectivity index (χ0) is 15.1. The van der Waals surface area contributed by atoms with Crippen LogP contribution in [0.15, 0.2) is 76.0 Å². The van der Waals surface area contributed by atoms with E-state index >= 15 is 0 Å². The summed E-state index contributed by atoms with van der Waals surface area (Å²) in [6.45, 7) is 2.12. The summed E-state index contributed by atoms with van der Waals surface area (Å²) >= 11 is 0. The molecule has 1 atom stereocenters. The van der Waals surface area contributed by atoms with Gasteiger partial charge in [0.15, 0.2) is 0 Å². The van der Waals surface area contributed by atoms with E-state index in [0.717, 1.165) is 11.3 Å². The highest BCUT2D eigenvalue weighted by Gasteiger charge is 2.10. The van der Waals surface area contributed by atoms with Gasteiger partial charge in [-0.25, -0.2) is 8.57 Å². The molecule has 0 N–H and O–H groups in total. The second-order valence-corrected chi connectivity index (χ2v) is 7.20. The minimum Gasteiger partial charge on any atom is -0.244 e. The van der Waals surface area contributed by atoms with Crippen LogP contribution in [0.25, 0.3) is 5.57 Å². The zero-order valence-corrected chi connectivity index (χ0v) is 13.3. The first-order valence-corrected chi connectivity index (χ1v) is 8.80. The summed E-state index contributed by atoms with van der Waals surface area (Å²) in [6, 6.07) is 19.7. The van der Waals surface area contributed by atoms with Crippen molar-refractivity contribution in [3.8, 4) is 0 Å². The van der Waals surface area contributed by atoms with Crippen LogP contribution in [0, 0.1) is 0 Å². The second-order valence-electron chi connectivity index (χ2n) is 4.75. The largest absolute Gasteiger partial charge is 0.244 e. The minimum atomic E-state index is -2.37. The summed E-state index contributed by atoms with van der Waals surface area (Å²) in [5, 5.41) is 0. The molecule has 1 unspecified atom stereocenters. The number of hydrogen-bond acceptors (Lipinski definition) is 2. The van der Waals surface area contributed by atoms with Gasteiger partial charge in [0.05, 0.1) is 15.5 Å². The van der Waals surface area contributed by atoms with Crippen molar-refractivity contribution in [2.75, 3.05) is 12.8 Å². The van der Waals surface area contributed by atoms with Gasteiger partial charge in [-0.2, -0.15) is 0 Å². The lowest BCUT2D eigenvalue weighted by Gasteiger charge is -2.09. The van der Waals surface area contributed by atoms with Gasteiger partial charge in [0, 0.05) is 11.9 Å². The first kappa shape index (κ1) is 15.5. The first-order valence-electron chi connectivity index (χ1n) is 7.12. The quantitative estimate of drug-likeness (QED) is 0.791. The second kappa shape index (κ2) is 7.23. The van der Waals surface area contributed by atoms with Crippen LogP contribution in [-0.2, 0) is 9.73 Å². The highest BCUT2D eigenvalue weighted by Crippen LogP contribution is 2.20. The summed E-state index contributed by atoms with van der Waals surface area (Å²) in [4.78, 5) is 0.798. The van der Waals surface area contributed by atoms with Gasteiger partial charge in [-0.15, -0.1) is 0 Å². The molecule has 21 heavy (non-hydrogen) atoms. The van der Waals surface area contributed by atoms with Crippen molar-refractivity contribution in [1.29, 1.82) is 0 Å². The van der Waals surface area contributed by atoms with Crippen LogP contribution in [0.1, 0.15) is 18.9 Å². The van der Waals surface area contributed by atoms with Crippen molar-refractivity contribution in [2.24, 2.45) is 4.36 Å². The Morgan fingerprint density at radius 2 is 1.62 bits per heavy atom. The van der Waals surface area contributed by atoms with Crippen LogP contribution in [0.2, 0.25) is 0 Å². The lowest BCUT2D eigenvalue weighted by Crippen LogP contribution is -2.05. The maximum atomic E-state index is 13.0. The molecular formula is C18H21NOS. The molecule has 0 spiro atoms. The van der Waals surface area contributed by atoms with Gasteiger partial charge in [0.25, 0.3) is 0 Å². The summed E-state index contributed by atoms with van der Waals surface area (Å²) < 4.78 is 17.2. The molecule has 0 heterocycles. The molecule has 0 aliphatic carbocycles. The van der Waals surface area contributed by atoms with Crippen molar-refractivity contribution in [3.05, 3.63) is 72.3 Å². The fourth-order valence-corrected chi connectivity index (χ4v) is 3.80. The predicted molar refractivity (Wildman–Crippen MR) is 90.8 cm³/mol. The molecule has 0 radical (unpaired) electrons. The van der Waals surface area contributed by atoms with Crippen LogP contribution in [0.3, 0.4) is 0 Å². The molecule has 0 amide bonds. The number of hydrogen-bond donors (Lipinski definition) is 0. The number of allylic oxidation sites excluding steroid dienone is 1. The van der Waals surface area contributed by atoms with E-state index in [-0.39, 0.29) is 0 Å². The lowest BCUT2D eigenvalue weighted by atomic mass is 10.0. The number of rotatable bonds is 5. The highest BCUT2D eigenvalue weighted by molar-refractivity contribution is 7.93. The van der Waals surface area contributed by atoms with Gasteiger partial charge in [-0.3, -0.25) is 0 Å². The molecule has 2 aromatic carbocycles. The Kier molecular flexibility index (Phi) is 5.34. The summed E-state index contributed by atoms with van der Waals surface area (Å²) in [5.74, 6) is 0.450. The van der Waals surface area contributed by atoms with E-state index in [1.165, 1.54) is 11.1 Å². The maximum Gasteiger partial charge on any atom is 0.0785 e. The van der Waals surface area contributed by atoms with Crippen LogP contribution < -0.4 is 0 Å². The lowest BCUT2D eigenvalue weighted by molar-refractivity contribution is 0.678. The van der Waals surface area contributed by atoms with E-state index < -0.39 is 9.73 Å². The summed E-state index contributed by atoms with van der Waals surface area (Å²) in [7, 11) is -0.734. The summed E-state index contributed by atoms with van der Waals surface area (Å²) in [6.07, 6.45) is 2.98. The van der Waals surface area contributed by atoms with Crippen LogP contribution in [-0.4, -0.2) is 17.0 Å². The van der Waals surface area contributed by atoms with E-state index in [1.54, 1.807) is 7.05 Å². The third kappa shape index (κ3) is 3.82. The Morgan fingerprint density at radius 1 is 1.05 bits per heavy atom. The van der Waals surface area contributed by atoms with Crippen molar-refractivity contribution in [1.82, 2.24) is 0 Å². The Balaban J connectivity index is 2.31. The van der Waals surface area contributed by atoms with Crippen molar-refractivity contribution in [3.63, 3.8) is 0 Å². The molecule has 0 aliphatic heterocycles. The normalized spacial score (nSPS) is 14.5. The van der Waals surface area contributed by atoms with E-state index in [9.17, 15) is 4.21 Å². The Bertz CT molecular complexity index is 711. The van der Waals surface area contributed by atoms with Crippen LogP contribution in [0.4, 0.5) is 0 Å². The Morgan fingerprint density at radius 3 is 2.14 bits per heavy atom.